The quantitative estimate of drug-likeness (QED) is 0.0665. The van der Waals surface area contributed by atoms with Crippen molar-refractivity contribution in [1.29, 1.82) is 0 Å². The largest absolute Gasteiger partial charge is 0.504 e. The number of phenols is 2. The summed E-state index contributed by atoms with van der Waals surface area (Å²) in [5.74, 6) is 0.294. The fraction of sp³-hybridized carbons (Fsp3) is 0.468. The number of hydrogen-bond donors (Lipinski definition) is 4. The number of anilines is 1. The second-order valence-corrected chi connectivity index (χ2v) is 16.1. The molecule has 2 aromatic carbocycles. The third-order valence-electron chi connectivity index (χ3n) is 11.9. The zero-order valence-electron chi connectivity index (χ0n) is 35.1. The minimum Gasteiger partial charge on any atom is -0.504 e. The fourth-order valence-electron chi connectivity index (χ4n) is 8.69. The van der Waals surface area contributed by atoms with E-state index in [2.05, 4.69) is 46.7 Å². The number of H-pyrrole nitrogens is 1. The van der Waals surface area contributed by atoms with E-state index in [0.717, 1.165) is 60.8 Å². The number of methoxy groups -OCH3 is 2. The van der Waals surface area contributed by atoms with Gasteiger partial charge in [0.25, 0.3) is 0 Å². The lowest BCUT2D eigenvalue weighted by atomic mass is 9.84. The van der Waals surface area contributed by atoms with Gasteiger partial charge in [0.15, 0.2) is 11.5 Å². The molecular formula is C47H60N4O8. The molecule has 4 atom stereocenters. The third-order valence-corrected chi connectivity index (χ3v) is 11.9. The number of Topliss-reactive ketones (excluding diaryl/α,β-unsaturated/α-hetero) is 2. The standard InChI is InChI=1S/C47H60N4O8/c1-6-32-12-13-40(59-31(3)53)24-39(54)25-43(36-21-44(55)47(56)45(22-36)58-5)50-28-35-9-7-11-42(41(35)29-50)51(17-15-30(2)52)46-23-34(14-16-49-46)33(10-8-18-57-4)20-38-27-48-26-37(38)19-32/h7,9,11,14,21-23,26-29,32-33,40,43,48-49,55-56H,6,8,10,12-13,15-20,24-25H2,1-5H3/t32-,33-,40-,43-/m1/s1. The van der Waals surface area contributed by atoms with Crippen LogP contribution in [0.3, 0.4) is 0 Å². The van der Waals surface area contributed by atoms with Crippen molar-refractivity contribution in [3.8, 4) is 17.2 Å². The highest BCUT2D eigenvalue weighted by atomic mass is 16.5. The van der Waals surface area contributed by atoms with E-state index in [1.165, 1.54) is 36.8 Å². The Morgan fingerprint density at radius 1 is 0.983 bits per heavy atom. The molecule has 0 fully saturated rings. The fourth-order valence-corrected chi connectivity index (χ4v) is 8.69. The van der Waals surface area contributed by atoms with Gasteiger partial charge in [0.2, 0.25) is 5.75 Å². The van der Waals surface area contributed by atoms with E-state index < -0.39 is 18.1 Å². The van der Waals surface area contributed by atoms with Crippen molar-refractivity contribution in [3.63, 3.8) is 0 Å². The molecule has 4 aromatic rings. The minimum absolute atomic E-state index is 0.0186. The van der Waals surface area contributed by atoms with Gasteiger partial charge >= 0.3 is 5.97 Å². The topological polar surface area (TPSA) is 155 Å². The lowest BCUT2D eigenvalue weighted by Gasteiger charge is -2.32. The van der Waals surface area contributed by atoms with Crippen LogP contribution in [0.25, 0.3) is 10.8 Å². The number of ether oxygens (including phenoxy) is 3. The molecule has 0 radical (unpaired) electrons. The summed E-state index contributed by atoms with van der Waals surface area (Å²) in [6.45, 7) is 6.92. The van der Waals surface area contributed by atoms with Crippen molar-refractivity contribution in [2.24, 2.45) is 11.8 Å². The summed E-state index contributed by atoms with van der Waals surface area (Å²) in [6, 6.07) is 8.53. The van der Waals surface area contributed by atoms with Gasteiger partial charge in [0.05, 0.1) is 18.8 Å². The molecule has 4 heterocycles. The number of phenolic OH excluding ortho intramolecular Hbond substituents is 2. The summed E-state index contributed by atoms with van der Waals surface area (Å²) < 4.78 is 18.7. The van der Waals surface area contributed by atoms with Crippen LogP contribution < -0.4 is 15.0 Å². The second-order valence-electron chi connectivity index (χ2n) is 16.1. The number of fused-ring (bicyclic) bond motifs is 3. The maximum Gasteiger partial charge on any atom is 0.302 e. The van der Waals surface area contributed by atoms with Gasteiger partial charge in [-0.05, 0) is 104 Å². The highest BCUT2D eigenvalue weighted by Crippen LogP contribution is 2.41. The van der Waals surface area contributed by atoms with Gasteiger partial charge in [0, 0.05) is 88.6 Å². The zero-order valence-corrected chi connectivity index (χ0v) is 35.1. The first-order valence-electron chi connectivity index (χ1n) is 20.9. The predicted octanol–water partition coefficient (Wildman–Crippen LogP) is 8.06. The number of aromatic hydroxyl groups is 2. The van der Waals surface area contributed by atoms with Crippen LogP contribution in [0, 0.1) is 11.8 Å². The summed E-state index contributed by atoms with van der Waals surface area (Å²) in [7, 11) is 3.15. The molecule has 0 unspecified atom stereocenters. The number of nitrogens with one attached hydrogen (secondary N) is 2. The van der Waals surface area contributed by atoms with Crippen LogP contribution in [0.5, 0.6) is 17.2 Å². The number of carbonyl (C=O) groups is 3. The van der Waals surface area contributed by atoms with Gasteiger partial charge in [-0.1, -0.05) is 31.6 Å². The Hall–Kier alpha value is -5.49. The van der Waals surface area contributed by atoms with Crippen LogP contribution in [0.2, 0.25) is 0 Å². The van der Waals surface area contributed by atoms with Crippen LogP contribution in [-0.2, 0) is 36.7 Å². The van der Waals surface area contributed by atoms with Gasteiger partial charge in [-0.2, -0.15) is 0 Å². The normalized spacial score (nSPS) is 20.6. The number of aromatic amines is 1. The third kappa shape index (κ3) is 10.8. The minimum atomic E-state index is -0.620. The average molecular weight is 809 g/mol. The Balaban J connectivity index is 1.51. The molecule has 2 aliphatic rings. The Labute approximate surface area is 347 Å². The first-order valence-corrected chi connectivity index (χ1v) is 20.9. The van der Waals surface area contributed by atoms with Crippen LogP contribution in [0.4, 0.5) is 5.69 Å². The maximum absolute atomic E-state index is 14.2. The molecule has 0 aliphatic carbocycles. The number of aromatic nitrogens is 2. The van der Waals surface area contributed by atoms with E-state index in [-0.39, 0.29) is 47.6 Å². The molecule has 0 spiro atoms. The van der Waals surface area contributed by atoms with Crippen LogP contribution in [-0.4, -0.2) is 77.3 Å². The molecule has 2 aliphatic heterocycles. The number of ketones is 2. The Kier molecular flexibility index (Phi) is 14.6. The zero-order chi connectivity index (χ0) is 42.1. The van der Waals surface area contributed by atoms with E-state index in [9.17, 15) is 24.6 Å². The van der Waals surface area contributed by atoms with Gasteiger partial charge < -0.3 is 44.2 Å². The average Bonchev–Trinajstić information content (AvgIpc) is 3.85. The highest BCUT2D eigenvalue weighted by molar-refractivity contribution is 5.95. The summed E-state index contributed by atoms with van der Waals surface area (Å²) in [5, 5.41) is 26.8. The Morgan fingerprint density at radius 3 is 2.51 bits per heavy atom. The van der Waals surface area contributed by atoms with Crippen LogP contribution >= 0.6 is 0 Å². The van der Waals surface area contributed by atoms with Crippen LogP contribution in [0.1, 0.15) is 94.9 Å². The molecule has 6 rings (SSSR count). The monoisotopic (exact) mass is 808 g/mol. The van der Waals surface area contributed by atoms with Crippen molar-refractivity contribution in [2.75, 3.05) is 38.8 Å². The lowest BCUT2D eigenvalue weighted by Crippen LogP contribution is -2.36. The second kappa shape index (κ2) is 20.0. The lowest BCUT2D eigenvalue weighted by molar-refractivity contribution is -0.148. The SMILES string of the molecule is CC[C@@H]1CC[C@@H](OC(C)=O)CC(=O)C[C@H](c2cc(O)c(O)c(OC)c2)n2cc3cccc(c3c2)N(CCC(C)=O)C2=CC(=CCN2)[C@H](CCCOC)Cc2c[nH]cc2C1. The molecule has 4 bridgehead atoms. The van der Waals surface area contributed by atoms with Crippen molar-refractivity contribution < 1.29 is 38.8 Å². The van der Waals surface area contributed by atoms with E-state index >= 15 is 0 Å². The van der Waals surface area contributed by atoms with Crippen molar-refractivity contribution in [3.05, 3.63) is 95.4 Å². The number of dihydropyridines is 1. The van der Waals surface area contributed by atoms with E-state index in [1.807, 2.05) is 35.2 Å². The Bertz CT molecular complexity index is 2170. The molecule has 0 saturated carbocycles. The van der Waals surface area contributed by atoms with Crippen molar-refractivity contribution >= 4 is 34.0 Å². The van der Waals surface area contributed by atoms with E-state index in [1.54, 1.807) is 20.1 Å². The molecule has 12 heteroatoms. The number of allylic oxidation sites excluding steroid dienone is 2. The number of esters is 1. The van der Waals surface area contributed by atoms with Crippen molar-refractivity contribution in [2.45, 2.75) is 97.1 Å². The molecule has 2 aromatic heterocycles. The summed E-state index contributed by atoms with van der Waals surface area (Å²) in [6.07, 6.45) is 18.3. The molecule has 12 nitrogen and oxygen atoms in total. The summed E-state index contributed by atoms with van der Waals surface area (Å²) in [4.78, 5) is 44.7. The Morgan fingerprint density at radius 2 is 1.78 bits per heavy atom. The van der Waals surface area contributed by atoms with Gasteiger partial charge in [-0.3, -0.25) is 14.4 Å². The number of rotatable bonds is 11. The van der Waals surface area contributed by atoms with Crippen molar-refractivity contribution in [1.82, 2.24) is 14.9 Å². The molecule has 316 valence electrons. The summed E-state index contributed by atoms with van der Waals surface area (Å²) >= 11 is 0. The first kappa shape index (κ1) is 43.1. The smallest absolute Gasteiger partial charge is 0.302 e. The van der Waals surface area contributed by atoms with Gasteiger partial charge in [-0.25, -0.2) is 0 Å². The van der Waals surface area contributed by atoms with Gasteiger partial charge in [-0.15, -0.1) is 0 Å². The molecule has 0 amide bonds. The van der Waals surface area contributed by atoms with Gasteiger partial charge in [0.1, 0.15) is 23.5 Å². The van der Waals surface area contributed by atoms with E-state index in [4.69, 9.17) is 14.2 Å². The predicted molar refractivity (Wildman–Crippen MR) is 229 cm³/mol. The maximum atomic E-state index is 14.2. The number of hydrogen-bond acceptors (Lipinski definition) is 10. The number of benzene rings is 2. The first-order chi connectivity index (χ1) is 28.5. The molecular weight excluding hydrogens is 749 g/mol. The summed E-state index contributed by atoms with van der Waals surface area (Å²) in [5.41, 5.74) is 5.24. The van der Waals surface area contributed by atoms with Crippen LogP contribution in [0.15, 0.2) is 78.7 Å². The molecule has 0 saturated heterocycles. The number of carbonyl (C=O) groups excluding carboxylic acids is 3. The van der Waals surface area contributed by atoms with E-state index in [0.29, 0.717) is 44.0 Å². The number of nitrogens with zero attached hydrogens (tertiary/aromatic N) is 2. The molecule has 59 heavy (non-hydrogen) atoms. The highest BCUT2D eigenvalue weighted by Gasteiger charge is 2.28. The molecule has 4 N–H and O–H groups in total.